The van der Waals surface area contributed by atoms with Crippen LogP contribution in [0.2, 0.25) is 5.02 Å². The van der Waals surface area contributed by atoms with Crippen LogP contribution < -0.4 is 0 Å². The minimum atomic E-state index is -0.0723. The van der Waals surface area contributed by atoms with E-state index in [1.165, 1.54) is 0 Å². The quantitative estimate of drug-likeness (QED) is 0.765. The lowest BCUT2D eigenvalue weighted by Gasteiger charge is -2.50. The van der Waals surface area contributed by atoms with E-state index in [1.54, 1.807) is 6.08 Å². The zero-order valence-corrected chi connectivity index (χ0v) is 12.5. The van der Waals surface area contributed by atoms with Gasteiger partial charge in [-0.3, -0.25) is 4.79 Å². The van der Waals surface area contributed by atoms with E-state index in [4.69, 9.17) is 16.9 Å². The van der Waals surface area contributed by atoms with Crippen LogP contribution in [0.1, 0.15) is 32.3 Å². The zero-order chi connectivity index (χ0) is 14.8. The van der Waals surface area contributed by atoms with Crippen molar-refractivity contribution >= 4 is 23.5 Å². The van der Waals surface area contributed by atoms with Crippen LogP contribution in [0.3, 0.4) is 0 Å². The van der Waals surface area contributed by atoms with Crippen molar-refractivity contribution in [2.45, 2.75) is 26.7 Å². The molecular weight excluding hydrogens is 270 g/mol. The molecule has 1 aliphatic carbocycles. The van der Waals surface area contributed by atoms with Gasteiger partial charge in [-0.25, -0.2) is 0 Å². The summed E-state index contributed by atoms with van der Waals surface area (Å²) in [5.74, 6) is 0.522. The third-order valence-electron chi connectivity index (χ3n) is 4.46. The van der Waals surface area contributed by atoms with Gasteiger partial charge < -0.3 is 0 Å². The van der Waals surface area contributed by atoms with E-state index in [1.807, 2.05) is 30.3 Å². The Hall–Kier alpha value is -1.59. The SMILES string of the molecule is CC1(C)[C@@H](CC#N)C[C@@H]1C(=O)/C=C/c1ccc(Cl)cc1. The van der Waals surface area contributed by atoms with Crippen molar-refractivity contribution in [2.75, 3.05) is 0 Å². The van der Waals surface area contributed by atoms with E-state index in [9.17, 15) is 4.79 Å². The van der Waals surface area contributed by atoms with Crippen molar-refractivity contribution in [3.63, 3.8) is 0 Å². The van der Waals surface area contributed by atoms with Gasteiger partial charge in [0.2, 0.25) is 0 Å². The minimum Gasteiger partial charge on any atom is -0.295 e. The number of benzene rings is 1. The van der Waals surface area contributed by atoms with E-state index >= 15 is 0 Å². The molecule has 0 unspecified atom stereocenters. The molecule has 1 aromatic carbocycles. The van der Waals surface area contributed by atoms with Crippen molar-refractivity contribution in [3.8, 4) is 6.07 Å². The second kappa shape index (κ2) is 5.81. The summed E-state index contributed by atoms with van der Waals surface area (Å²) in [5.41, 5.74) is 0.894. The predicted molar refractivity (Wildman–Crippen MR) is 81.1 cm³/mol. The van der Waals surface area contributed by atoms with Gasteiger partial charge in [0.15, 0.2) is 5.78 Å². The Morgan fingerprint density at radius 1 is 1.45 bits per heavy atom. The Morgan fingerprint density at radius 2 is 2.10 bits per heavy atom. The molecule has 1 fully saturated rings. The average Bonchev–Trinajstić information content (AvgIpc) is 2.42. The lowest BCUT2D eigenvalue weighted by atomic mass is 9.52. The van der Waals surface area contributed by atoms with Gasteiger partial charge in [-0.2, -0.15) is 5.26 Å². The Labute approximate surface area is 125 Å². The fourth-order valence-electron chi connectivity index (χ4n) is 2.82. The summed E-state index contributed by atoms with van der Waals surface area (Å²) in [7, 11) is 0. The van der Waals surface area contributed by atoms with Gasteiger partial charge in [0.1, 0.15) is 0 Å². The summed E-state index contributed by atoms with van der Waals surface area (Å²) in [6, 6.07) is 9.59. The summed E-state index contributed by atoms with van der Waals surface area (Å²) in [5, 5.41) is 9.46. The Balaban J connectivity index is 2.00. The van der Waals surface area contributed by atoms with E-state index < -0.39 is 0 Å². The lowest BCUT2D eigenvalue weighted by molar-refractivity contribution is -0.132. The molecule has 2 atom stereocenters. The molecule has 0 radical (unpaired) electrons. The van der Waals surface area contributed by atoms with E-state index in [0.29, 0.717) is 17.4 Å². The highest BCUT2D eigenvalue weighted by atomic mass is 35.5. The average molecular weight is 288 g/mol. The van der Waals surface area contributed by atoms with Gasteiger partial charge in [0.05, 0.1) is 6.07 Å². The maximum absolute atomic E-state index is 12.2. The molecular formula is C17H18ClNO. The van der Waals surface area contributed by atoms with Gasteiger partial charge in [-0.15, -0.1) is 0 Å². The second-order valence-electron chi connectivity index (χ2n) is 5.96. The summed E-state index contributed by atoms with van der Waals surface area (Å²) >= 11 is 5.82. The summed E-state index contributed by atoms with van der Waals surface area (Å²) in [4.78, 5) is 12.2. The standard InChI is InChI=1S/C17H18ClNO/c1-17(2)13(9-10-19)11-15(17)16(20)8-5-12-3-6-14(18)7-4-12/h3-8,13,15H,9,11H2,1-2H3/b8-5+/t13-,15+/m0/s1. The number of carbonyl (C=O) groups is 1. The van der Waals surface area contributed by atoms with E-state index in [0.717, 1.165) is 12.0 Å². The lowest BCUT2D eigenvalue weighted by Crippen LogP contribution is -2.48. The van der Waals surface area contributed by atoms with Gasteiger partial charge in [-0.1, -0.05) is 43.7 Å². The van der Waals surface area contributed by atoms with Gasteiger partial charge in [0.25, 0.3) is 0 Å². The zero-order valence-electron chi connectivity index (χ0n) is 11.8. The van der Waals surface area contributed by atoms with Crippen LogP contribution >= 0.6 is 11.6 Å². The van der Waals surface area contributed by atoms with E-state index in [-0.39, 0.29) is 17.1 Å². The molecule has 0 amide bonds. The van der Waals surface area contributed by atoms with Crippen LogP contribution in [0.4, 0.5) is 0 Å². The molecule has 1 aromatic rings. The Bertz CT molecular complexity index is 566. The van der Waals surface area contributed by atoms with Crippen LogP contribution in [-0.2, 0) is 4.79 Å². The number of halogens is 1. The molecule has 2 rings (SSSR count). The van der Waals surface area contributed by atoms with Crippen LogP contribution in [-0.4, -0.2) is 5.78 Å². The first kappa shape index (κ1) is 14.8. The smallest absolute Gasteiger partial charge is 0.159 e. The largest absolute Gasteiger partial charge is 0.295 e. The molecule has 3 heteroatoms. The van der Waals surface area contributed by atoms with Crippen LogP contribution in [0, 0.1) is 28.6 Å². The number of rotatable bonds is 4. The van der Waals surface area contributed by atoms with Gasteiger partial charge >= 0.3 is 0 Å². The number of ketones is 1. The molecule has 1 aliphatic rings. The number of carbonyl (C=O) groups excluding carboxylic acids is 1. The first-order valence-electron chi connectivity index (χ1n) is 6.79. The molecule has 1 saturated carbocycles. The molecule has 20 heavy (non-hydrogen) atoms. The number of nitrogens with zero attached hydrogens (tertiary/aromatic N) is 1. The topological polar surface area (TPSA) is 40.9 Å². The molecule has 0 aliphatic heterocycles. The molecule has 104 valence electrons. The Morgan fingerprint density at radius 3 is 2.65 bits per heavy atom. The van der Waals surface area contributed by atoms with Crippen LogP contribution in [0.5, 0.6) is 0 Å². The minimum absolute atomic E-state index is 0.0319. The van der Waals surface area contributed by atoms with Crippen molar-refractivity contribution in [1.82, 2.24) is 0 Å². The first-order valence-corrected chi connectivity index (χ1v) is 7.17. The highest BCUT2D eigenvalue weighted by Gasteiger charge is 2.50. The van der Waals surface area contributed by atoms with Crippen molar-refractivity contribution < 1.29 is 4.79 Å². The highest BCUT2D eigenvalue weighted by Crippen LogP contribution is 2.53. The monoisotopic (exact) mass is 287 g/mol. The highest BCUT2D eigenvalue weighted by molar-refractivity contribution is 6.30. The van der Waals surface area contributed by atoms with Gasteiger partial charge in [0, 0.05) is 17.4 Å². The van der Waals surface area contributed by atoms with Gasteiger partial charge in [-0.05, 0) is 41.5 Å². The molecule has 0 spiro atoms. The van der Waals surface area contributed by atoms with Crippen LogP contribution in [0.15, 0.2) is 30.3 Å². The van der Waals surface area contributed by atoms with Crippen molar-refractivity contribution in [3.05, 3.63) is 40.9 Å². The first-order chi connectivity index (χ1) is 9.45. The molecule has 0 bridgehead atoms. The summed E-state index contributed by atoms with van der Waals surface area (Å²) < 4.78 is 0. The fourth-order valence-corrected chi connectivity index (χ4v) is 2.95. The molecule has 0 N–H and O–H groups in total. The molecule has 2 nitrogen and oxygen atoms in total. The normalized spacial score (nSPS) is 24.1. The molecule has 0 aromatic heterocycles. The number of hydrogen-bond donors (Lipinski definition) is 0. The van der Waals surface area contributed by atoms with E-state index in [2.05, 4.69) is 19.9 Å². The summed E-state index contributed by atoms with van der Waals surface area (Å²) in [6.45, 7) is 4.16. The van der Waals surface area contributed by atoms with Crippen LogP contribution in [0.25, 0.3) is 6.08 Å². The number of hydrogen-bond acceptors (Lipinski definition) is 2. The number of allylic oxidation sites excluding steroid dienone is 1. The fraction of sp³-hybridized carbons (Fsp3) is 0.412. The molecule has 0 saturated heterocycles. The van der Waals surface area contributed by atoms with Crippen molar-refractivity contribution in [1.29, 1.82) is 5.26 Å². The summed E-state index contributed by atoms with van der Waals surface area (Å²) in [6.07, 6.45) is 4.84. The molecule has 0 heterocycles. The maximum Gasteiger partial charge on any atom is 0.159 e. The number of nitriles is 1. The Kier molecular flexibility index (Phi) is 4.30. The van der Waals surface area contributed by atoms with Crippen molar-refractivity contribution in [2.24, 2.45) is 17.3 Å². The maximum atomic E-state index is 12.2. The third-order valence-corrected chi connectivity index (χ3v) is 4.71. The second-order valence-corrected chi connectivity index (χ2v) is 6.39. The third kappa shape index (κ3) is 2.94. The predicted octanol–water partition coefficient (Wildman–Crippen LogP) is 4.50.